The zero-order valence-corrected chi connectivity index (χ0v) is 12.4. The smallest absolute Gasteiger partial charge is 0.163 e. The van der Waals surface area contributed by atoms with Gasteiger partial charge in [0.25, 0.3) is 0 Å². The Hall–Kier alpha value is -2.16. The number of hydrogen-bond donors (Lipinski definition) is 0. The van der Waals surface area contributed by atoms with Gasteiger partial charge < -0.3 is 4.74 Å². The molecule has 2 aromatic rings. The van der Waals surface area contributed by atoms with Crippen molar-refractivity contribution in [2.45, 2.75) is 26.7 Å². The van der Waals surface area contributed by atoms with Crippen LogP contribution >= 0.6 is 0 Å². The van der Waals surface area contributed by atoms with Crippen LogP contribution in [0.3, 0.4) is 0 Å². The lowest BCUT2D eigenvalue weighted by Gasteiger charge is -2.09. The van der Waals surface area contributed by atoms with E-state index in [-0.39, 0.29) is 11.6 Å². The standard InChI is InChI=1S/C18H19FO2/c1-13-5-10-18(14(2)12-13)21-11-3-4-17(20)15-6-8-16(19)9-7-15/h5-10,12H,3-4,11H2,1-2H3. The van der Waals surface area contributed by atoms with Crippen molar-refractivity contribution in [3.05, 3.63) is 65.0 Å². The van der Waals surface area contributed by atoms with Crippen molar-refractivity contribution in [3.8, 4) is 5.75 Å². The third-order valence-corrected chi connectivity index (χ3v) is 3.30. The highest BCUT2D eigenvalue weighted by Gasteiger charge is 2.06. The molecule has 0 aliphatic carbocycles. The van der Waals surface area contributed by atoms with Gasteiger partial charge in [-0.2, -0.15) is 0 Å². The Morgan fingerprint density at radius 3 is 2.48 bits per heavy atom. The molecule has 0 amide bonds. The van der Waals surface area contributed by atoms with Crippen molar-refractivity contribution < 1.29 is 13.9 Å². The number of Topliss-reactive ketones (excluding diaryl/α,β-unsaturated/α-hetero) is 1. The molecule has 0 aliphatic heterocycles. The van der Waals surface area contributed by atoms with Crippen LogP contribution in [0, 0.1) is 19.7 Å². The molecule has 0 aliphatic rings. The SMILES string of the molecule is Cc1ccc(OCCCC(=O)c2ccc(F)cc2)c(C)c1. The number of hydrogen-bond acceptors (Lipinski definition) is 2. The number of ketones is 1. The fourth-order valence-corrected chi connectivity index (χ4v) is 2.16. The van der Waals surface area contributed by atoms with Crippen molar-refractivity contribution in [3.63, 3.8) is 0 Å². The molecule has 2 rings (SSSR count). The van der Waals surface area contributed by atoms with Gasteiger partial charge in [0.1, 0.15) is 11.6 Å². The summed E-state index contributed by atoms with van der Waals surface area (Å²) >= 11 is 0. The predicted molar refractivity (Wildman–Crippen MR) is 81.4 cm³/mol. The number of carbonyl (C=O) groups excluding carboxylic acids is 1. The summed E-state index contributed by atoms with van der Waals surface area (Å²) in [6.07, 6.45) is 1.04. The van der Waals surface area contributed by atoms with Crippen LogP contribution in [0.15, 0.2) is 42.5 Å². The normalized spacial score (nSPS) is 10.4. The molecule has 0 N–H and O–H groups in total. The van der Waals surface area contributed by atoms with Gasteiger partial charge in [0.15, 0.2) is 5.78 Å². The van der Waals surface area contributed by atoms with Crippen LogP contribution < -0.4 is 4.74 Å². The minimum absolute atomic E-state index is 0.0132. The van der Waals surface area contributed by atoms with E-state index < -0.39 is 0 Å². The summed E-state index contributed by atoms with van der Waals surface area (Å²) in [5.74, 6) is 0.541. The third kappa shape index (κ3) is 4.42. The second-order valence-electron chi connectivity index (χ2n) is 5.15. The average molecular weight is 286 g/mol. The van der Waals surface area contributed by atoms with E-state index in [1.807, 2.05) is 26.0 Å². The Bertz CT molecular complexity index is 618. The maximum Gasteiger partial charge on any atom is 0.163 e. The molecule has 110 valence electrons. The number of ether oxygens (including phenoxy) is 1. The van der Waals surface area contributed by atoms with Crippen LogP contribution in [0.4, 0.5) is 4.39 Å². The second kappa shape index (κ2) is 7.02. The quantitative estimate of drug-likeness (QED) is 0.578. The van der Waals surface area contributed by atoms with Gasteiger partial charge in [0.05, 0.1) is 6.61 Å². The van der Waals surface area contributed by atoms with Crippen molar-refractivity contribution in [2.24, 2.45) is 0 Å². The topological polar surface area (TPSA) is 26.3 Å². The maximum absolute atomic E-state index is 12.8. The first-order valence-electron chi connectivity index (χ1n) is 7.05. The molecule has 0 unspecified atom stereocenters. The van der Waals surface area contributed by atoms with Crippen molar-refractivity contribution >= 4 is 5.78 Å². The van der Waals surface area contributed by atoms with Gasteiger partial charge in [-0.3, -0.25) is 4.79 Å². The molecule has 0 aromatic heterocycles. The van der Waals surface area contributed by atoms with E-state index >= 15 is 0 Å². The van der Waals surface area contributed by atoms with Crippen molar-refractivity contribution in [2.75, 3.05) is 6.61 Å². The summed E-state index contributed by atoms with van der Waals surface area (Å²) in [4.78, 5) is 11.9. The van der Waals surface area contributed by atoms with Crippen LogP contribution in [-0.4, -0.2) is 12.4 Å². The van der Waals surface area contributed by atoms with Gasteiger partial charge >= 0.3 is 0 Å². The van der Waals surface area contributed by atoms with Crippen LogP contribution in [0.5, 0.6) is 5.75 Å². The first-order chi connectivity index (χ1) is 10.1. The van der Waals surface area contributed by atoms with Gasteiger partial charge in [-0.25, -0.2) is 4.39 Å². The maximum atomic E-state index is 12.8. The summed E-state index contributed by atoms with van der Waals surface area (Å²) in [5, 5.41) is 0. The first-order valence-corrected chi connectivity index (χ1v) is 7.05. The first kappa shape index (κ1) is 15.2. The zero-order valence-electron chi connectivity index (χ0n) is 12.4. The molecule has 0 spiro atoms. The van der Waals surface area contributed by atoms with E-state index in [1.54, 1.807) is 0 Å². The number of carbonyl (C=O) groups is 1. The fraction of sp³-hybridized carbons (Fsp3) is 0.278. The molecule has 0 saturated heterocycles. The lowest BCUT2D eigenvalue weighted by atomic mass is 10.1. The van der Waals surface area contributed by atoms with Gasteiger partial charge in [-0.15, -0.1) is 0 Å². The predicted octanol–water partition coefficient (Wildman–Crippen LogP) is 4.48. The highest BCUT2D eigenvalue weighted by molar-refractivity contribution is 5.95. The second-order valence-corrected chi connectivity index (χ2v) is 5.15. The number of rotatable bonds is 6. The Morgan fingerprint density at radius 2 is 1.81 bits per heavy atom. The van der Waals surface area contributed by atoms with Gasteiger partial charge in [-0.05, 0) is 56.2 Å². The monoisotopic (exact) mass is 286 g/mol. The van der Waals surface area contributed by atoms with E-state index in [2.05, 4.69) is 6.07 Å². The summed E-state index contributed by atoms with van der Waals surface area (Å²) in [5.41, 5.74) is 2.84. The van der Waals surface area contributed by atoms with Crippen LogP contribution in [0.2, 0.25) is 0 Å². The highest BCUT2D eigenvalue weighted by atomic mass is 19.1. The van der Waals surface area contributed by atoms with Gasteiger partial charge in [0.2, 0.25) is 0 Å². The molecule has 3 heteroatoms. The van der Waals surface area contributed by atoms with Crippen LogP contribution in [0.1, 0.15) is 34.3 Å². The molecular weight excluding hydrogens is 267 g/mol. The van der Waals surface area contributed by atoms with E-state index in [0.717, 1.165) is 11.3 Å². The summed E-state index contributed by atoms with van der Waals surface area (Å²) < 4.78 is 18.5. The summed E-state index contributed by atoms with van der Waals surface area (Å²) in [6, 6.07) is 11.7. The van der Waals surface area contributed by atoms with Crippen LogP contribution in [-0.2, 0) is 0 Å². The average Bonchev–Trinajstić information content (AvgIpc) is 2.46. The number of aryl methyl sites for hydroxylation is 2. The summed E-state index contributed by atoms with van der Waals surface area (Å²) in [7, 11) is 0. The molecule has 0 saturated carbocycles. The molecule has 0 heterocycles. The summed E-state index contributed by atoms with van der Waals surface area (Å²) in [6.45, 7) is 4.54. The number of benzene rings is 2. The highest BCUT2D eigenvalue weighted by Crippen LogP contribution is 2.19. The van der Waals surface area contributed by atoms with Crippen molar-refractivity contribution in [1.29, 1.82) is 0 Å². The molecule has 2 nitrogen and oxygen atoms in total. The third-order valence-electron chi connectivity index (χ3n) is 3.30. The van der Waals surface area contributed by atoms with Gasteiger partial charge in [0, 0.05) is 12.0 Å². The molecular formula is C18H19FO2. The van der Waals surface area contributed by atoms with Crippen LogP contribution in [0.25, 0.3) is 0 Å². The van der Waals surface area contributed by atoms with E-state index in [1.165, 1.54) is 29.8 Å². The Morgan fingerprint density at radius 1 is 1.10 bits per heavy atom. The lowest BCUT2D eigenvalue weighted by Crippen LogP contribution is -2.04. The fourth-order valence-electron chi connectivity index (χ4n) is 2.16. The molecule has 0 radical (unpaired) electrons. The number of halogens is 1. The Balaban J connectivity index is 1.79. The van der Waals surface area contributed by atoms with E-state index in [9.17, 15) is 9.18 Å². The molecule has 0 atom stereocenters. The molecule has 0 fully saturated rings. The largest absolute Gasteiger partial charge is 0.493 e. The molecule has 21 heavy (non-hydrogen) atoms. The zero-order chi connectivity index (χ0) is 15.2. The van der Waals surface area contributed by atoms with Gasteiger partial charge in [-0.1, -0.05) is 17.7 Å². The Kier molecular flexibility index (Phi) is 5.09. The molecule has 2 aromatic carbocycles. The minimum Gasteiger partial charge on any atom is -0.493 e. The molecule has 0 bridgehead atoms. The Labute approximate surface area is 124 Å². The van der Waals surface area contributed by atoms with E-state index in [0.29, 0.717) is 25.0 Å². The van der Waals surface area contributed by atoms with E-state index in [4.69, 9.17) is 4.74 Å². The van der Waals surface area contributed by atoms with Crippen molar-refractivity contribution in [1.82, 2.24) is 0 Å². The minimum atomic E-state index is -0.329. The lowest BCUT2D eigenvalue weighted by molar-refractivity contribution is 0.0973.